The van der Waals surface area contributed by atoms with Crippen molar-refractivity contribution in [3.8, 4) is 0 Å². The Labute approximate surface area is 98.8 Å². The number of ketones is 1. The first-order chi connectivity index (χ1) is 7.52. The van der Waals surface area contributed by atoms with Crippen molar-refractivity contribution in [3.63, 3.8) is 0 Å². The minimum Gasteiger partial charge on any atom is -0.348 e. The monoisotopic (exact) mass is 236 g/mol. The number of hydrogen-bond acceptors (Lipinski definition) is 2. The van der Waals surface area contributed by atoms with Gasteiger partial charge >= 0.3 is 0 Å². The lowest BCUT2D eigenvalue weighted by Crippen LogP contribution is -2.27. The Bertz CT molecular complexity index is 557. The van der Waals surface area contributed by atoms with E-state index in [1.54, 1.807) is 19.2 Å². The Morgan fingerprint density at radius 1 is 1.50 bits per heavy atom. The molecule has 1 aromatic carbocycles. The minimum atomic E-state index is -0.501. The lowest BCUT2D eigenvalue weighted by molar-refractivity contribution is 0.0969. The lowest BCUT2D eigenvalue weighted by atomic mass is 10.0. The maximum Gasteiger partial charge on any atom is 0.181 e. The smallest absolute Gasteiger partial charge is 0.181 e. The highest BCUT2D eigenvalue weighted by Crippen LogP contribution is 2.28. The van der Waals surface area contributed by atoms with Gasteiger partial charge in [-0.15, -0.1) is 0 Å². The second-order valence-electron chi connectivity index (χ2n) is 3.94. The van der Waals surface area contributed by atoms with Gasteiger partial charge in [0.05, 0.1) is 16.6 Å². The van der Waals surface area contributed by atoms with Crippen LogP contribution in [0.3, 0.4) is 0 Å². The SMILES string of the molecule is CC(N)C(=O)c1cccc2c(Cl)cn(C)c12. The lowest BCUT2D eigenvalue weighted by Gasteiger charge is -2.07. The van der Waals surface area contributed by atoms with E-state index in [1.807, 2.05) is 23.7 Å². The number of carbonyl (C=O) groups excluding carboxylic acids is 1. The summed E-state index contributed by atoms with van der Waals surface area (Å²) in [7, 11) is 1.87. The van der Waals surface area contributed by atoms with Crippen LogP contribution in [0.2, 0.25) is 5.02 Å². The molecule has 0 aliphatic carbocycles. The second-order valence-corrected chi connectivity index (χ2v) is 4.35. The summed E-state index contributed by atoms with van der Waals surface area (Å²) >= 11 is 6.07. The molecule has 3 nitrogen and oxygen atoms in total. The Hall–Kier alpha value is -1.32. The summed E-state index contributed by atoms with van der Waals surface area (Å²) in [5.74, 6) is -0.0662. The third-order valence-corrected chi connectivity index (χ3v) is 2.93. The average Bonchev–Trinajstić information content (AvgIpc) is 2.54. The summed E-state index contributed by atoms with van der Waals surface area (Å²) in [5.41, 5.74) is 7.09. The predicted molar refractivity (Wildman–Crippen MR) is 65.9 cm³/mol. The molecule has 0 radical (unpaired) electrons. The molecule has 0 aliphatic heterocycles. The fourth-order valence-corrected chi connectivity index (χ4v) is 2.16. The zero-order valence-electron chi connectivity index (χ0n) is 9.20. The summed E-state index contributed by atoms with van der Waals surface area (Å²) in [6.07, 6.45) is 1.80. The van der Waals surface area contributed by atoms with Crippen LogP contribution in [0.1, 0.15) is 17.3 Å². The molecule has 0 fully saturated rings. The first-order valence-corrected chi connectivity index (χ1v) is 5.43. The normalized spacial score (nSPS) is 13.0. The third kappa shape index (κ3) is 1.62. The highest BCUT2D eigenvalue weighted by Gasteiger charge is 2.17. The van der Waals surface area contributed by atoms with Crippen molar-refractivity contribution in [2.75, 3.05) is 0 Å². The molecule has 84 valence electrons. The van der Waals surface area contributed by atoms with Gasteiger partial charge in [0.1, 0.15) is 0 Å². The van der Waals surface area contributed by atoms with Crippen LogP contribution in [0.5, 0.6) is 0 Å². The van der Waals surface area contributed by atoms with Crippen LogP contribution in [-0.2, 0) is 7.05 Å². The standard InChI is InChI=1S/C12H13ClN2O/c1-7(14)12(16)9-5-3-4-8-10(13)6-15(2)11(8)9/h3-7H,14H2,1-2H3. The molecule has 2 rings (SSSR count). The molecular formula is C12H13ClN2O. The van der Waals surface area contributed by atoms with Crippen molar-refractivity contribution >= 4 is 28.3 Å². The van der Waals surface area contributed by atoms with Gasteiger partial charge < -0.3 is 10.3 Å². The van der Waals surface area contributed by atoms with Crippen molar-refractivity contribution in [1.29, 1.82) is 0 Å². The molecule has 0 saturated heterocycles. The zero-order chi connectivity index (χ0) is 11.9. The van der Waals surface area contributed by atoms with Crippen molar-refractivity contribution < 1.29 is 4.79 Å². The van der Waals surface area contributed by atoms with E-state index in [4.69, 9.17) is 17.3 Å². The number of nitrogens with zero attached hydrogens (tertiary/aromatic N) is 1. The number of halogens is 1. The van der Waals surface area contributed by atoms with E-state index in [1.165, 1.54) is 0 Å². The highest BCUT2D eigenvalue weighted by atomic mass is 35.5. The molecule has 1 aromatic heterocycles. The zero-order valence-corrected chi connectivity index (χ0v) is 9.95. The molecule has 1 heterocycles. The fourth-order valence-electron chi connectivity index (χ4n) is 1.86. The molecule has 16 heavy (non-hydrogen) atoms. The van der Waals surface area contributed by atoms with Crippen LogP contribution >= 0.6 is 11.6 Å². The topological polar surface area (TPSA) is 48.0 Å². The first-order valence-electron chi connectivity index (χ1n) is 5.05. The molecule has 0 saturated carbocycles. The van der Waals surface area contributed by atoms with Gasteiger partial charge in [0.25, 0.3) is 0 Å². The molecule has 4 heteroatoms. The number of hydrogen-bond donors (Lipinski definition) is 1. The first kappa shape index (κ1) is 11.2. The average molecular weight is 237 g/mol. The maximum atomic E-state index is 11.9. The van der Waals surface area contributed by atoms with E-state index in [9.17, 15) is 4.79 Å². The number of nitrogens with two attached hydrogens (primary N) is 1. The maximum absolute atomic E-state index is 11.9. The molecule has 0 aliphatic rings. The van der Waals surface area contributed by atoms with Crippen LogP contribution in [0.4, 0.5) is 0 Å². The van der Waals surface area contributed by atoms with E-state index in [0.717, 1.165) is 10.9 Å². The number of para-hydroxylation sites is 1. The number of aromatic nitrogens is 1. The van der Waals surface area contributed by atoms with Gasteiger partial charge in [-0.2, -0.15) is 0 Å². The highest BCUT2D eigenvalue weighted by molar-refractivity contribution is 6.36. The molecular weight excluding hydrogens is 224 g/mol. The van der Waals surface area contributed by atoms with Gasteiger partial charge in [0, 0.05) is 24.2 Å². The van der Waals surface area contributed by atoms with E-state index >= 15 is 0 Å². The van der Waals surface area contributed by atoms with Crippen LogP contribution in [-0.4, -0.2) is 16.4 Å². The number of benzene rings is 1. The molecule has 2 N–H and O–H groups in total. The number of Topliss-reactive ketones (excluding diaryl/α,β-unsaturated/α-hetero) is 1. The van der Waals surface area contributed by atoms with Crippen molar-refractivity contribution in [3.05, 3.63) is 35.0 Å². The van der Waals surface area contributed by atoms with Crippen LogP contribution in [0.25, 0.3) is 10.9 Å². The summed E-state index contributed by atoms with van der Waals surface area (Å²) in [6.45, 7) is 1.69. The fraction of sp³-hybridized carbons (Fsp3) is 0.250. The van der Waals surface area contributed by atoms with E-state index in [0.29, 0.717) is 10.6 Å². The van der Waals surface area contributed by atoms with Gasteiger partial charge in [-0.05, 0) is 13.0 Å². The van der Waals surface area contributed by atoms with Gasteiger partial charge in [-0.1, -0.05) is 23.7 Å². The number of carbonyl (C=O) groups is 1. The van der Waals surface area contributed by atoms with Crippen molar-refractivity contribution in [1.82, 2.24) is 4.57 Å². The Morgan fingerprint density at radius 3 is 2.81 bits per heavy atom. The molecule has 0 amide bonds. The molecule has 0 spiro atoms. The van der Waals surface area contributed by atoms with E-state index < -0.39 is 6.04 Å². The summed E-state index contributed by atoms with van der Waals surface area (Å²) in [5, 5.41) is 1.53. The predicted octanol–water partition coefficient (Wildman–Crippen LogP) is 2.36. The Balaban J connectivity index is 2.76. The van der Waals surface area contributed by atoms with Crippen LogP contribution < -0.4 is 5.73 Å². The van der Waals surface area contributed by atoms with Gasteiger partial charge in [-0.25, -0.2) is 0 Å². The summed E-state index contributed by atoms with van der Waals surface area (Å²) in [6, 6.07) is 5.00. The quantitative estimate of drug-likeness (QED) is 0.814. The van der Waals surface area contributed by atoms with E-state index in [-0.39, 0.29) is 5.78 Å². The molecule has 2 aromatic rings. The number of aryl methyl sites for hydroxylation is 1. The third-order valence-electron chi connectivity index (χ3n) is 2.63. The van der Waals surface area contributed by atoms with Gasteiger partial charge in [-0.3, -0.25) is 4.79 Å². The minimum absolute atomic E-state index is 0.0662. The molecule has 1 atom stereocenters. The number of rotatable bonds is 2. The van der Waals surface area contributed by atoms with Gasteiger partial charge in [0.2, 0.25) is 0 Å². The van der Waals surface area contributed by atoms with Crippen LogP contribution in [0, 0.1) is 0 Å². The summed E-state index contributed by atoms with van der Waals surface area (Å²) < 4.78 is 1.85. The molecule has 0 bridgehead atoms. The van der Waals surface area contributed by atoms with Crippen molar-refractivity contribution in [2.24, 2.45) is 12.8 Å². The molecule has 1 unspecified atom stereocenters. The Kier molecular flexibility index (Phi) is 2.74. The van der Waals surface area contributed by atoms with Gasteiger partial charge in [0.15, 0.2) is 5.78 Å². The second kappa shape index (κ2) is 3.92. The number of fused-ring (bicyclic) bond motifs is 1. The largest absolute Gasteiger partial charge is 0.348 e. The summed E-state index contributed by atoms with van der Waals surface area (Å²) in [4.78, 5) is 11.9. The van der Waals surface area contributed by atoms with Crippen molar-refractivity contribution in [2.45, 2.75) is 13.0 Å². The van der Waals surface area contributed by atoms with E-state index in [2.05, 4.69) is 0 Å². The Morgan fingerprint density at radius 2 is 2.19 bits per heavy atom. The van der Waals surface area contributed by atoms with Crippen LogP contribution in [0.15, 0.2) is 24.4 Å².